The topological polar surface area (TPSA) is 33.4 Å². The van der Waals surface area contributed by atoms with Crippen molar-refractivity contribution in [2.24, 2.45) is 0 Å². The zero-order valence-corrected chi connectivity index (χ0v) is 10.3. The summed E-state index contributed by atoms with van der Waals surface area (Å²) in [5, 5.41) is 11.9. The lowest BCUT2D eigenvalue weighted by molar-refractivity contribution is 0.475. The molecule has 0 aliphatic rings. The van der Waals surface area contributed by atoms with Crippen LogP contribution in [-0.2, 0) is 0 Å². The van der Waals surface area contributed by atoms with E-state index < -0.39 is 0 Å². The van der Waals surface area contributed by atoms with Crippen molar-refractivity contribution in [1.29, 1.82) is 0 Å². The maximum absolute atomic E-state index is 9.38. The third-order valence-corrected chi connectivity index (χ3v) is 3.32. The van der Waals surface area contributed by atoms with Gasteiger partial charge in [-0.1, -0.05) is 11.6 Å². The van der Waals surface area contributed by atoms with Crippen LogP contribution in [0.5, 0.6) is 5.75 Å². The summed E-state index contributed by atoms with van der Waals surface area (Å²) in [6, 6.07) is 8.65. The minimum absolute atomic E-state index is 0.189. The van der Waals surface area contributed by atoms with Gasteiger partial charge in [-0.25, -0.2) is 0 Å². The van der Waals surface area contributed by atoms with Gasteiger partial charge in [0.1, 0.15) is 16.9 Å². The molecule has 80 valence electrons. The zero-order chi connectivity index (χ0) is 11.3. The Hall–Kier alpha value is -1.19. The second-order valence-electron chi connectivity index (χ2n) is 3.54. The molecular weight excluding hydrogens is 291 g/mol. The molecule has 3 aromatic rings. The maximum atomic E-state index is 9.38. The standard InChI is InChI=1S/C12H6BrClO2/c13-9-3-6(14)4-11-12(9)8-2-1-7(15)5-10(8)16-11/h1-5,15H. The lowest BCUT2D eigenvalue weighted by Crippen LogP contribution is -1.70. The average molecular weight is 298 g/mol. The molecule has 0 saturated heterocycles. The molecule has 0 saturated carbocycles. The highest BCUT2D eigenvalue weighted by Gasteiger charge is 2.11. The van der Waals surface area contributed by atoms with E-state index >= 15 is 0 Å². The van der Waals surface area contributed by atoms with Crippen molar-refractivity contribution < 1.29 is 9.52 Å². The fraction of sp³-hybridized carbons (Fsp3) is 0. The molecule has 0 aliphatic carbocycles. The summed E-state index contributed by atoms with van der Waals surface area (Å²) in [5.74, 6) is 0.189. The number of phenolic OH excluding ortho intramolecular Hbond substituents is 1. The van der Waals surface area contributed by atoms with Gasteiger partial charge in [-0.05, 0) is 34.1 Å². The van der Waals surface area contributed by atoms with Crippen LogP contribution >= 0.6 is 27.5 Å². The van der Waals surface area contributed by atoms with Crippen molar-refractivity contribution in [3.8, 4) is 5.75 Å². The molecule has 2 aromatic carbocycles. The van der Waals surface area contributed by atoms with Crippen LogP contribution in [0, 0.1) is 0 Å². The molecule has 0 spiro atoms. The molecule has 3 rings (SSSR count). The van der Waals surface area contributed by atoms with E-state index in [1.165, 1.54) is 0 Å². The summed E-state index contributed by atoms with van der Waals surface area (Å²) in [4.78, 5) is 0. The highest BCUT2D eigenvalue weighted by molar-refractivity contribution is 9.10. The molecule has 4 heteroatoms. The second kappa shape index (κ2) is 3.40. The second-order valence-corrected chi connectivity index (χ2v) is 4.83. The number of phenols is 1. The minimum atomic E-state index is 0.189. The van der Waals surface area contributed by atoms with Crippen LogP contribution in [-0.4, -0.2) is 5.11 Å². The molecule has 0 radical (unpaired) electrons. The van der Waals surface area contributed by atoms with E-state index in [0.717, 1.165) is 15.2 Å². The maximum Gasteiger partial charge on any atom is 0.139 e. The highest BCUT2D eigenvalue weighted by Crippen LogP contribution is 2.37. The quantitative estimate of drug-likeness (QED) is 0.652. The van der Waals surface area contributed by atoms with Crippen LogP contribution < -0.4 is 0 Å². The van der Waals surface area contributed by atoms with Gasteiger partial charge in [0.15, 0.2) is 0 Å². The number of halogens is 2. The number of fused-ring (bicyclic) bond motifs is 3. The van der Waals surface area contributed by atoms with Crippen molar-refractivity contribution in [2.45, 2.75) is 0 Å². The summed E-state index contributed by atoms with van der Waals surface area (Å²) in [5.41, 5.74) is 1.36. The van der Waals surface area contributed by atoms with Crippen LogP contribution in [0.25, 0.3) is 21.9 Å². The summed E-state index contributed by atoms with van der Waals surface area (Å²) < 4.78 is 6.51. The van der Waals surface area contributed by atoms with Crippen LogP contribution in [0.4, 0.5) is 0 Å². The zero-order valence-electron chi connectivity index (χ0n) is 8.00. The van der Waals surface area contributed by atoms with Crippen LogP contribution in [0.3, 0.4) is 0 Å². The molecule has 1 N–H and O–H groups in total. The molecule has 0 aliphatic heterocycles. The van der Waals surface area contributed by atoms with E-state index in [1.807, 2.05) is 12.1 Å². The third kappa shape index (κ3) is 1.39. The smallest absolute Gasteiger partial charge is 0.139 e. The molecule has 0 fully saturated rings. The highest BCUT2D eigenvalue weighted by atomic mass is 79.9. The van der Waals surface area contributed by atoms with Gasteiger partial charge >= 0.3 is 0 Å². The summed E-state index contributed by atoms with van der Waals surface area (Å²) >= 11 is 9.40. The van der Waals surface area contributed by atoms with E-state index in [4.69, 9.17) is 16.0 Å². The lowest BCUT2D eigenvalue weighted by Gasteiger charge is -1.95. The van der Waals surface area contributed by atoms with Crippen LogP contribution in [0.2, 0.25) is 5.02 Å². The van der Waals surface area contributed by atoms with E-state index in [2.05, 4.69) is 15.9 Å². The number of hydrogen-bond donors (Lipinski definition) is 1. The van der Waals surface area contributed by atoms with Gasteiger partial charge < -0.3 is 9.52 Å². The molecular formula is C12H6BrClO2. The number of hydrogen-bond acceptors (Lipinski definition) is 2. The summed E-state index contributed by atoms with van der Waals surface area (Å²) in [6.07, 6.45) is 0. The first kappa shape index (κ1) is 10.00. The Labute approximate surface area is 105 Å². The normalized spacial score (nSPS) is 11.4. The first-order chi connectivity index (χ1) is 7.65. The van der Waals surface area contributed by atoms with Crippen molar-refractivity contribution in [3.05, 3.63) is 39.8 Å². The minimum Gasteiger partial charge on any atom is -0.508 e. The number of furan rings is 1. The Morgan fingerprint density at radius 1 is 1.12 bits per heavy atom. The van der Waals surface area contributed by atoms with Crippen molar-refractivity contribution in [2.75, 3.05) is 0 Å². The Balaban J connectivity index is 2.56. The van der Waals surface area contributed by atoms with Crippen molar-refractivity contribution in [1.82, 2.24) is 0 Å². The number of rotatable bonds is 0. The van der Waals surface area contributed by atoms with Crippen molar-refractivity contribution in [3.63, 3.8) is 0 Å². The fourth-order valence-corrected chi connectivity index (χ4v) is 2.81. The van der Waals surface area contributed by atoms with E-state index in [9.17, 15) is 5.11 Å². The molecule has 2 nitrogen and oxygen atoms in total. The molecule has 0 atom stereocenters. The predicted molar refractivity (Wildman–Crippen MR) is 68.1 cm³/mol. The average Bonchev–Trinajstić information content (AvgIpc) is 2.54. The van der Waals surface area contributed by atoms with Gasteiger partial charge in [0.05, 0.1) is 0 Å². The van der Waals surface area contributed by atoms with Gasteiger partial charge in [-0.15, -0.1) is 0 Å². The van der Waals surface area contributed by atoms with Gasteiger partial charge in [-0.2, -0.15) is 0 Å². The monoisotopic (exact) mass is 296 g/mol. The molecule has 0 unspecified atom stereocenters. The van der Waals surface area contributed by atoms with Gasteiger partial charge in [-0.3, -0.25) is 0 Å². The lowest BCUT2D eigenvalue weighted by atomic mass is 10.1. The summed E-state index contributed by atoms with van der Waals surface area (Å²) in [6.45, 7) is 0. The summed E-state index contributed by atoms with van der Waals surface area (Å²) in [7, 11) is 0. The molecule has 1 aromatic heterocycles. The third-order valence-electron chi connectivity index (χ3n) is 2.47. The van der Waals surface area contributed by atoms with E-state index in [1.54, 1.807) is 18.2 Å². The van der Waals surface area contributed by atoms with Crippen LogP contribution in [0.15, 0.2) is 39.2 Å². The fourth-order valence-electron chi connectivity index (χ4n) is 1.81. The van der Waals surface area contributed by atoms with E-state index in [0.29, 0.717) is 16.2 Å². The number of aromatic hydroxyl groups is 1. The number of benzene rings is 2. The Morgan fingerprint density at radius 3 is 2.75 bits per heavy atom. The van der Waals surface area contributed by atoms with Gasteiger partial charge in [0.2, 0.25) is 0 Å². The largest absolute Gasteiger partial charge is 0.508 e. The Kier molecular flexibility index (Phi) is 2.13. The Morgan fingerprint density at radius 2 is 1.94 bits per heavy atom. The SMILES string of the molecule is Oc1ccc2c(c1)oc1cc(Cl)cc(Br)c12. The predicted octanol–water partition coefficient (Wildman–Crippen LogP) is 4.71. The Bertz CT molecular complexity index is 703. The molecule has 0 amide bonds. The first-order valence-electron chi connectivity index (χ1n) is 4.65. The molecule has 1 heterocycles. The molecule has 0 bridgehead atoms. The van der Waals surface area contributed by atoms with Gasteiger partial charge in [0, 0.05) is 32.4 Å². The van der Waals surface area contributed by atoms with Crippen LogP contribution in [0.1, 0.15) is 0 Å². The van der Waals surface area contributed by atoms with E-state index in [-0.39, 0.29) is 5.75 Å². The van der Waals surface area contributed by atoms with Crippen molar-refractivity contribution >= 4 is 49.5 Å². The van der Waals surface area contributed by atoms with Gasteiger partial charge in [0.25, 0.3) is 0 Å². The first-order valence-corrected chi connectivity index (χ1v) is 5.82. The molecule has 16 heavy (non-hydrogen) atoms.